The van der Waals surface area contributed by atoms with E-state index >= 15 is 0 Å². The standard InChI is InChI=1S/C17H22N4O3/c22-13-1-2-14(15(23)11-13)20-17(24)10-12-3-4-19-16(9-12)21-7-5-18-6-8-21/h3-4,9,14,18H,1-2,5-8,10-11H2,(H,20,24). The molecule has 3 rings (SSSR count). The van der Waals surface area contributed by atoms with Crippen molar-refractivity contribution < 1.29 is 14.4 Å². The normalized spacial score (nSPS) is 21.7. The quantitative estimate of drug-likeness (QED) is 0.746. The Labute approximate surface area is 140 Å². The maximum atomic E-state index is 12.2. The second-order valence-corrected chi connectivity index (χ2v) is 6.28. The summed E-state index contributed by atoms with van der Waals surface area (Å²) in [5.41, 5.74) is 0.871. The number of ketones is 2. The summed E-state index contributed by atoms with van der Waals surface area (Å²) in [4.78, 5) is 41.8. The minimum atomic E-state index is -0.523. The lowest BCUT2D eigenvalue weighted by molar-refractivity contribution is -0.134. The van der Waals surface area contributed by atoms with Gasteiger partial charge in [0.05, 0.1) is 18.9 Å². The van der Waals surface area contributed by atoms with Gasteiger partial charge in [0.2, 0.25) is 5.91 Å². The monoisotopic (exact) mass is 330 g/mol. The number of carbonyl (C=O) groups excluding carboxylic acids is 3. The Bertz CT molecular complexity index is 640. The van der Waals surface area contributed by atoms with Crippen molar-refractivity contribution in [3.63, 3.8) is 0 Å². The van der Waals surface area contributed by atoms with Crippen LogP contribution in [0.4, 0.5) is 5.82 Å². The first kappa shape index (κ1) is 16.6. The number of pyridine rings is 1. The molecular weight excluding hydrogens is 308 g/mol. The molecule has 2 N–H and O–H groups in total. The van der Waals surface area contributed by atoms with E-state index in [1.807, 2.05) is 12.1 Å². The highest BCUT2D eigenvalue weighted by molar-refractivity contribution is 6.05. The zero-order valence-corrected chi connectivity index (χ0v) is 13.6. The molecule has 0 radical (unpaired) electrons. The van der Waals surface area contributed by atoms with Gasteiger partial charge < -0.3 is 15.5 Å². The lowest BCUT2D eigenvalue weighted by atomic mass is 9.93. The highest BCUT2D eigenvalue weighted by atomic mass is 16.2. The number of nitrogens with zero attached hydrogens (tertiary/aromatic N) is 2. The number of piperazine rings is 1. The first-order valence-corrected chi connectivity index (χ1v) is 8.36. The second-order valence-electron chi connectivity index (χ2n) is 6.28. The summed E-state index contributed by atoms with van der Waals surface area (Å²) in [6.07, 6.45) is 2.63. The van der Waals surface area contributed by atoms with Crippen LogP contribution in [0.2, 0.25) is 0 Å². The second kappa shape index (κ2) is 7.53. The van der Waals surface area contributed by atoms with Gasteiger partial charge in [0.1, 0.15) is 11.6 Å². The van der Waals surface area contributed by atoms with E-state index in [0.717, 1.165) is 37.6 Å². The first-order valence-electron chi connectivity index (χ1n) is 8.36. The average Bonchev–Trinajstić information content (AvgIpc) is 2.58. The molecule has 2 heterocycles. The zero-order chi connectivity index (χ0) is 16.9. The molecule has 1 unspecified atom stereocenters. The van der Waals surface area contributed by atoms with Gasteiger partial charge in [-0.05, 0) is 24.1 Å². The van der Waals surface area contributed by atoms with Crippen molar-refractivity contribution >= 4 is 23.3 Å². The van der Waals surface area contributed by atoms with Crippen molar-refractivity contribution in [1.29, 1.82) is 0 Å². The summed E-state index contributed by atoms with van der Waals surface area (Å²) in [5, 5.41) is 6.05. The summed E-state index contributed by atoms with van der Waals surface area (Å²) < 4.78 is 0. The number of aromatic nitrogens is 1. The molecule has 0 aromatic carbocycles. The number of anilines is 1. The number of carbonyl (C=O) groups is 3. The Morgan fingerprint density at radius 1 is 1.33 bits per heavy atom. The number of Topliss-reactive ketones (excluding diaryl/α,β-unsaturated/α-hetero) is 2. The Morgan fingerprint density at radius 3 is 2.88 bits per heavy atom. The molecule has 24 heavy (non-hydrogen) atoms. The molecule has 0 bridgehead atoms. The molecule has 7 nitrogen and oxygen atoms in total. The molecule has 1 saturated carbocycles. The van der Waals surface area contributed by atoms with E-state index in [9.17, 15) is 14.4 Å². The Balaban J connectivity index is 1.58. The van der Waals surface area contributed by atoms with Gasteiger partial charge in [-0.3, -0.25) is 14.4 Å². The fourth-order valence-electron chi connectivity index (χ4n) is 3.09. The van der Waals surface area contributed by atoms with E-state index in [1.54, 1.807) is 6.20 Å². The minimum Gasteiger partial charge on any atom is -0.354 e. The van der Waals surface area contributed by atoms with E-state index in [2.05, 4.69) is 20.5 Å². The van der Waals surface area contributed by atoms with Crippen LogP contribution in [0.5, 0.6) is 0 Å². The van der Waals surface area contributed by atoms with Crippen LogP contribution in [0.1, 0.15) is 24.8 Å². The highest BCUT2D eigenvalue weighted by Crippen LogP contribution is 2.15. The fourth-order valence-corrected chi connectivity index (χ4v) is 3.09. The van der Waals surface area contributed by atoms with Gasteiger partial charge in [0, 0.05) is 38.8 Å². The van der Waals surface area contributed by atoms with Crippen molar-refractivity contribution in [3.05, 3.63) is 23.9 Å². The van der Waals surface area contributed by atoms with Crippen LogP contribution in [0.25, 0.3) is 0 Å². The molecule has 2 fully saturated rings. The van der Waals surface area contributed by atoms with Gasteiger partial charge in [-0.15, -0.1) is 0 Å². The van der Waals surface area contributed by atoms with E-state index in [0.29, 0.717) is 12.8 Å². The largest absolute Gasteiger partial charge is 0.354 e. The number of hydrogen-bond acceptors (Lipinski definition) is 6. The van der Waals surface area contributed by atoms with Crippen LogP contribution in [0.15, 0.2) is 18.3 Å². The summed E-state index contributed by atoms with van der Waals surface area (Å²) in [6.45, 7) is 3.64. The fraction of sp³-hybridized carbons (Fsp3) is 0.529. The molecular formula is C17H22N4O3. The molecule has 1 amide bonds. The topological polar surface area (TPSA) is 91.4 Å². The predicted octanol–water partition coefficient (Wildman–Crippen LogP) is -0.159. The van der Waals surface area contributed by atoms with Gasteiger partial charge in [-0.25, -0.2) is 4.98 Å². The predicted molar refractivity (Wildman–Crippen MR) is 88.8 cm³/mol. The van der Waals surface area contributed by atoms with Crippen molar-refractivity contribution in [2.24, 2.45) is 0 Å². The molecule has 1 saturated heterocycles. The number of hydrogen-bond donors (Lipinski definition) is 2. The molecule has 1 aromatic rings. The third-order valence-electron chi connectivity index (χ3n) is 4.42. The van der Waals surface area contributed by atoms with Crippen LogP contribution < -0.4 is 15.5 Å². The Kier molecular flexibility index (Phi) is 5.20. The molecule has 0 spiro atoms. The number of amides is 1. The summed E-state index contributed by atoms with van der Waals surface area (Å²) >= 11 is 0. The van der Waals surface area contributed by atoms with Crippen LogP contribution in [0, 0.1) is 0 Å². The molecule has 1 atom stereocenters. The van der Waals surface area contributed by atoms with Gasteiger partial charge in [0.25, 0.3) is 0 Å². The van der Waals surface area contributed by atoms with Crippen LogP contribution >= 0.6 is 0 Å². The minimum absolute atomic E-state index is 0.0414. The number of rotatable bonds is 4. The van der Waals surface area contributed by atoms with Gasteiger partial charge >= 0.3 is 0 Å². The van der Waals surface area contributed by atoms with E-state index < -0.39 is 6.04 Å². The van der Waals surface area contributed by atoms with Crippen molar-refractivity contribution in [2.45, 2.75) is 31.7 Å². The third-order valence-corrected chi connectivity index (χ3v) is 4.42. The molecule has 128 valence electrons. The average molecular weight is 330 g/mol. The molecule has 1 aromatic heterocycles. The first-order chi connectivity index (χ1) is 11.6. The van der Waals surface area contributed by atoms with E-state index in [4.69, 9.17) is 0 Å². The van der Waals surface area contributed by atoms with Crippen molar-refractivity contribution in [3.8, 4) is 0 Å². The maximum absolute atomic E-state index is 12.2. The lowest BCUT2D eigenvalue weighted by Crippen LogP contribution is -2.45. The van der Waals surface area contributed by atoms with Crippen LogP contribution in [-0.2, 0) is 20.8 Å². The highest BCUT2D eigenvalue weighted by Gasteiger charge is 2.28. The summed E-state index contributed by atoms with van der Waals surface area (Å²) in [6, 6.07) is 3.22. The maximum Gasteiger partial charge on any atom is 0.225 e. The molecule has 1 aliphatic heterocycles. The Hall–Kier alpha value is -2.28. The number of nitrogens with one attached hydrogen (secondary N) is 2. The van der Waals surface area contributed by atoms with Gasteiger partial charge in [-0.2, -0.15) is 0 Å². The third kappa shape index (κ3) is 4.17. The van der Waals surface area contributed by atoms with Crippen LogP contribution in [0.3, 0.4) is 0 Å². The van der Waals surface area contributed by atoms with Gasteiger partial charge in [0.15, 0.2) is 5.78 Å². The van der Waals surface area contributed by atoms with Gasteiger partial charge in [-0.1, -0.05) is 0 Å². The summed E-state index contributed by atoms with van der Waals surface area (Å²) in [5.74, 6) is 0.456. The van der Waals surface area contributed by atoms with E-state index in [1.165, 1.54) is 0 Å². The van der Waals surface area contributed by atoms with Crippen LogP contribution in [-0.4, -0.2) is 54.7 Å². The smallest absolute Gasteiger partial charge is 0.225 e. The SMILES string of the molecule is O=C1CCC(NC(=O)Cc2ccnc(N3CCNCC3)c2)C(=O)C1. The molecule has 2 aliphatic rings. The zero-order valence-electron chi connectivity index (χ0n) is 13.6. The van der Waals surface area contributed by atoms with Crippen molar-refractivity contribution in [2.75, 3.05) is 31.1 Å². The summed E-state index contributed by atoms with van der Waals surface area (Å²) in [7, 11) is 0. The molecule has 1 aliphatic carbocycles. The van der Waals surface area contributed by atoms with Crippen molar-refractivity contribution in [1.82, 2.24) is 15.6 Å². The lowest BCUT2D eigenvalue weighted by Gasteiger charge is -2.28. The Morgan fingerprint density at radius 2 is 2.12 bits per heavy atom. The van der Waals surface area contributed by atoms with E-state index in [-0.39, 0.29) is 30.3 Å². The molecule has 7 heteroatoms.